The zero-order valence-corrected chi connectivity index (χ0v) is 16.0. The van der Waals surface area contributed by atoms with Gasteiger partial charge in [0, 0.05) is 30.9 Å². The van der Waals surface area contributed by atoms with Gasteiger partial charge < -0.3 is 15.0 Å². The molecule has 2 N–H and O–H groups in total. The number of fused-ring (bicyclic) bond motifs is 1. The number of carbonyl (C=O) groups is 1. The molecule has 0 aliphatic carbocycles. The Hall–Kier alpha value is -2.66. The van der Waals surface area contributed by atoms with Crippen LogP contribution in [-0.2, 0) is 12.1 Å². The average molecular weight is 365 g/mol. The monoisotopic (exact) mass is 365 g/mol. The van der Waals surface area contributed by atoms with E-state index in [-0.39, 0.29) is 12.5 Å². The van der Waals surface area contributed by atoms with Crippen LogP contribution >= 0.6 is 0 Å². The van der Waals surface area contributed by atoms with Gasteiger partial charge in [0.25, 0.3) is 5.91 Å². The molecule has 0 unspecified atom stereocenters. The molecule has 0 radical (unpaired) electrons. The number of rotatable bonds is 8. The summed E-state index contributed by atoms with van der Waals surface area (Å²) >= 11 is 0. The van der Waals surface area contributed by atoms with Gasteiger partial charge >= 0.3 is 0 Å². The summed E-state index contributed by atoms with van der Waals surface area (Å²) in [5.41, 5.74) is 2.05. The Kier molecular flexibility index (Phi) is 5.91. The maximum Gasteiger partial charge on any atom is 0.254 e. The Balaban J connectivity index is 1.84. The first-order valence-corrected chi connectivity index (χ1v) is 9.45. The van der Waals surface area contributed by atoms with E-state index in [1.807, 2.05) is 67.1 Å². The first-order chi connectivity index (χ1) is 13.0. The van der Waals surface area contributed by atoms with E-state index in [1.54, 1.807) is 6.20 Å². The van der Waals surface area contributed by atoms with Gasteiger partial charge in [-0.1, -0.05) is 30.3 Å². The van der Waals surface area contributed by atoms with Gasteiger partial charge in [0.2, 0.25) is 0 Å². The SMILES string of the molecule is CC(C)(NC(=O)c1cn(CCCCCO)c2ncccc12)c1ccccc1. The molecule has 0 saturated carbocycles. The van der Waals surface area contributed by atoms with Gasteiger partial charge in [0.05, 0.1) is 11.1 Å². The number of nitrogens with zero attached hydrogens (tertiary/aromatic N) is 2. The molecule has 0 fully saturated rings. The topological polar surface area (TPSA) is 67.2 Å². The third kappa shape index (κ3) is 4.37. The third-order valence-corrected chi connectivity index (χ3v) is 4.86. The van der Waals surface area contributed by atoms with Crippen molar-refractivity contribution in [3.8, 4) is 0 Å². The Morgan fingerprint density at radius 3 is 2.63 bits per heavy atom. The molecular formula is C22H27N3O2. The van der Waals surface area contributed by atoms with Gasteiger partial charge in [-0.25, -0.2) is 4.98 Å². The summed E-state index contributed by atoms with van der Waals surface area (Å²) in [6.07, 6.45) is 6.34. The molecule has 1 aromatic carbocycles. The van der Waals surface area contributed by atoms with Crippen molar-refractivity contribution < 1.29 is 9.90 Å². The number of unbranched alkanes of at least 4 members (excludes halogenated alkanes) is 2. The molecule has 3 rings (SSSR count). The van der Waals surface area contributed by atoms with E-state index in [0.29, 0.717) is 5.56 Å². The largest absolute Gasteiger partial charge is 0.396 e. The first-order valence-electron chi connectivity index (χ1n) is 9.45. The zero-order chi connectivity index (χ0) is 19.3. The fraction of sp³-hybridized carbons (Fsp3) is 0.364. The number of amides is 1. The molecular weight excluding hydrogens is 338 g/mol. The molecule has 27 heavy (non-hydrogen) atoms. The summed E-state index contributed by atoms with van der Waals surface area (Å²) in [4.78, 5) is 17.5. The normalized spacial score (nSPS) is 11.7. The number of hydrogen-bond donors (Lipinski definition) is 2. The second-order valence-corrected chi connectivity index (χ2v) is 7.34. The van der Waals surface area contributed by atoms with Crippen LogP contribution in [0, 0.1) is 0 Å². The molecule has 0 aliphatic heterocycles. The number of aromatic nitrogens is 2. The van der Waals surface area contributed by atoms with Crippen LogP contribution in [0.5, 0.6) is 0 Å². The number of aliphatic hydroxyl groups excluding tert-OH is 1. The lowest BCUT2D eigenvalue weighted by Gasteiger charge is -2.26. The van der Waals surface area contributed by atoms with Crippen molar-refractivity contribution in [1.29, 1.82) is 0 Å². The van der Waals surface area contributed by atoms with Crippen LogP contribution in [0.3, 0.4) is 0 Å². The second kappa shape index (κ2) is 8.35. The van der Waals surface area contributed by atoms with Crippen molar-refractivity contribution >= 4 is 16.9 Å². The maximum absolute atomic E-state index is 13.1. The molecule has 0 saturated heterocycles. The van der Waals surface area contributed by atoms with Crippen molar-refractivity contribution in [2.24, 2.45) is 0 Å². The molecule has 2 aromatic heterocycles. The van der Waals surface area contributed by atoms with Crippen LogP contribution in [0.4, 0.5) is 0 Å². The van der Waals surface area contributed by atoms with E-state index in [0.717, 1.165) is 42.4 Å². The van der Waals surface area contributed by atoms with Crippen LogP contribution < -0.4 is 5.32 Å². The van der Waals surface area contributed by atoms with Crippen molar-refractivity contribution in [2.75, 3.05) is 6.61 Å². The Bertz CT molecular complexity index is 900. The lowest BCUT2D eigenvalue weighted by atomic mass is 9.94. The van der Waals surface area contributed by atoms with Gasteiger partial charge in [-0.3, -0.25) is 4.79 Å². The number of pyridine rings is 1. The van der Waals surface area contributed by atoms with Crippen LogP contribution in [0.1, 0.15) is 49.0 Å². The number of benzene rings is 1. The fourth-order valence-corrected chi connectivity index (χ4v) is 3.32. The van der Waals surface area contributed by atoms with Crippen molar-refractivity contribution in [1.82, 2.24) is 14.9 Å². The summed E-state index contributed by atoms with van der Waals surface area (Å²) in [5, 5.41) is 13.0. The van der Waals surface area contributed by atoms with Crippen molar-refractivity contribution in [2.45, 2.75) is 45.2 Å². The zero-order valence-electron chi connectivity index (χ0n) is 16.0. The minimum Gasteiger partial charge on any atom is -0.396 e. The van der Waals surface area contributed by atoms with E-state index in [2.05, 4.69) is 10.3 Å². The Morgan fingerprint density at radius 1 is 1.11 bits per heavy atom. The van der Waals surface area contributed by atoms with Crippen molar-refractivity contribution in [3.05, 3.63) is 66.0 Å². The summed E-state index contributed by atoms with van der Waals surface area (Å²) in [5.74, 6) is -0.101. The van der Waals surface area contributed by atoms with Crippen LogP contribution in [0.25, 0.3) is 11.0 Å². The second-order valence-electron chi connectivity index (χ2n) is 7.34. The van der Waals surface area contributed by atoms with E-state index in [4.69, 9.17) is 5.11 Å². The number of carbonyl (C=O) groups excluding carboxylic acids is 1. The van der Waals surface area contributed by atoms with Crippen molar-refractivity contribution in [3.63, 3.8) is 0 Å². The number of aryl methyl sites for hydroxylation is 1. The predicted octanol–water partition coefficient (Wildman–Crippen LogP) is 3.86. The predicted molar refractivity (Wildman–Crippen MR) is 108 cm³/mol. The molecule has 0 bridgehead atoms. The first kappa shape index (κ1) is 19.1. The molecule has 0 aliphatic rings. The number of aliphatic hydroxyl groups is 1. The molecule has 2 heterocycles. The number of hydrogen-bond acceptors (Lipinski definition) is 3. The van der Waals surface area contributed by atoms with Crippen LogP contribution in [0.2, 0.25) is 0 Å². The summed E-state index contributed by atoms with van der Waals surface area (Å²) in [6.45, 7) is 5.01. The molecule has 3 aromatic rings. The average Bonchev–Trinajstić information content (AvgIpc) is 3.05. The number of nitrogens with one attached hydrogen (secondary N) is 1. The van der Waals surface area contributed by atoms with E-state index >= 15 is 0 Å². The van der Waals surface area contributed by atoms with Gasteiger partial charge in [-0.15, -0.1) is 0 Å². The highest BCUT2D eigenvalue weighted by molar-refractivity contribution is 6.06. The van der Waals surface area contributed by atoms with E-state index in [9.17, 15) is 4.79 Å². The fourth-order valence-electron chi connectivity index (χ4n) is 3.32. The molecule has 1 amide bonds. The van der Waals surface area contributed by atoms with E-state index in [1.165, 1.54) is 0 Å². The van der Waals surface area contributed by atoms with E-state index < -0.39 is 5.54 Å². The van der Waals surface area contributed by atoms with Gasteiger partial charge in [0.1, 0.15) is 5.65 Å². The highest BCUT2D eigenvalue weighted by Crippen LogP contribution is 2.24. The smallest absolute Gasteiger partial charge is 0.254 e. The lowest BCUT2D eigenvalue weighted by molar-refractivity contribution is 0.0913. The quantitative estimate of drug-likeness (QED) is 0.596. The highest BCUT2D eigenvalue weighted by Gasteiger charge is 2.25. The third-order valence-electron chi connectivity index (χ3n) is 4.86. The molecule has 0 atom stereocenters. The Labute approximate surface area is 160 Å². The molecule has 0 spiro atoms. The van der Waals surface area contributed by atoms with Gasteiger partial charge in [-0.05, 0) is 50.8 Å². The molecule has 5 nitrogen and oxygen atoms in total. The minimum absolute atomic E-state index is 0.101. The molecule has 142 valence electrons. The lowest BCUT2D eigenvalue weighted by Crippen LogP contribution is -2.40. The van der Waals surface area contributed by atoms with Crippen LogP contribution in [0.15, 0.2) is 54.9 Å². The van der Waals surface area contributed by atoms with Gasteiger partial charge in [0.15, 0.2) is 0 Å². The minimum atomic E-state index is -0.476. The van der Waals surface area contributed by atoms with Crippen LogP contribution in [-0.4, -0.2) is 27.2 Å². The highest BCUT2D eigenvalue weighted by atomic mass is 16.2. The maximum atomic E-state index is 13.1. The molecule has 5 heteroatoms. The Morgan fingerprint density at radius 2 is 1.89 bits per heavy atom. The summed E-state index contributed by atoms with van der Waals surface area (Å²) in [6, 6.07) is 13.8. The van der Waals surface area contributed by atoms with Gasteiger partial charge in [-0.2, -0.15) is 0 Å². The summed E-state index contributed by atoms with van der Waals surface area (Å²) in [7, 11) is 0. The standard InChI is InChI=1S/C22H27N3O2/c1-22(2,17-10-5-3-6-11-17)24-21(27)19-16-25(14-7-4-8-15-26)20-18(19)12-9-13-23-20/h3,5-6,9-13,16,26H,4,7-8,14-15H2,1-2H3,(H,24,27). The summed E-state index contributed by atoms with van der Waals surface area (Å²) < 4.78 is 2.04.